The molecule has 0 amide bonds. The predicted octanol–water partition coefficient (Wildman–Crippen LogP) is 5.27. The lowest BCUT2D eigenvalue weighted by Gasteiger charge is -2.09. The fourth-order valence-corrected chi connectivity index (χ4v) is 1.92. The van der Waals surface area contributed by atoms with Crippen LogP contribution in [0.2, 0.25) is 0 Å². The van der Waals surface area contributed by atoms with Crippen LogP contribution in [0.3, 0.4) is 0 Å². The molecule has 0 aliphatic rings. The molecule has 0 fully saturated rings. The van der Waals surface area contributed by atoms with Crippen molar-refractivity contribution in [1.29, 1.82) is 0 Å². The van der Waals surface area contributed by atoms with Gasteiger partial charge in [0, 0.05) is 31.2 Å². The maximum absolute atomic E-state index is 10.6. The molecule has 0 aliphatic carbocycles. The van der Waals surface area contributed by atoms with Gasteiger partial charge in [-0.15, -0.1) is 13.2 Å². The number of pyridine rings is 1. The molecule has 2 aromatic rings. The number of carbonyl (C=O) groups is 1. The summed E-state index contributed by atoms with van der Waals surface area (Å²) in [5.41, 5.74) is 2.74. The van der Waals surface area contributed by atoms with E-state index in [1.54, 1.807) is 18.5 Å². The Bertz CT molecular complexity index is 620. The van der Waals surface area contributed by atoms with Crippen molar-refractivity contribution in [3.8, 4) is 0 Å². The second kappa shape index (κ2) is 15.9. The summed E-state index contributed by atoms with van der Waals surface area (Å²) in [6, 6.07) is 11.3. The number of hydrogen-bond acceptors (Lipinski definition) is 4. The van der Waals surface area contributed by atoms with Crippen LogP contribution in [0.4, 0.5) is 0 Å². The van der Waals surface area contributed by atoms with Gasteiger partial charge in [-0.1, -0.05) is 36.4 Å². The minimum Gasteiger partial charge on any atom is -0.353 e. The molecule has 4 heteroatoms. The lowest BCUT2D eigenvalue weighted by Crippen LogP contribution is -2.11. The summed E-state index contributed by atoms with van der Waals surface area (Å²) in [6.07, 6.45) is 8.28. The van der Waals surface area contributed by atoms with Crippen molar-refractivity contribution in [2.24, 2.45) is 0 Å². The van der Waals surface area contributed by atoms with E-state index in [9.17, 15) is 4.79 Å². The Morgan fingerprint density at radius 3 is 2.12 bits per heavy atom. The predicted molar refractivity (Wildman–Crippen MR) is 109 cm³/mol. The minimum absolute atomic E-state index is 0.0370. The SMILES string of the molecule is C=C.CCOC(C)OCC.O=Cc1cccc(/C=C/c2cccnc2)c1. The van der Waals surface area contributed by atoms with Gasteiger partial charge in [-0.2, -0.15) is 0 Å². The molecule has 0 saturated carbocycles. The Morgan fingerprint density at radius 2 is 1.58 bits per heavy atom. The molecule has 26 heavy (non-hydrogen) atoms. The normalized spacial score (nSPS) is 9.85. The molecule has 0 saturated heterocycles. The van der Waals surface area contributed by atoms with E-state index in [4.69, 9.17) is 9.47 Å². The molecule has 0 aliphatic heterocycles. The number of hydrogen-bond donors (Lipinski definition) is 0. The lowest BCUT2D eigenvalue weighted by atomic mass is 10.1. The molecule has 0 radical (unpaired) electrons. The zero-order chi connectivity index (χ0) is 19.6. The highest BCUT2D eigenvalue weighted by Gasteiger charge is 1.95. The molecule has 2 rings (SSSR count). The Kier molecular flexibility index (Phi) is 14.4. The number of benzene rings is 1. The molecule has 1 aromatic heterocycles. The second-order valence-corrected chi connectivity index (χ2v) is 4.89. The molecule has 1 heterocycles. The number of aldehydes is 1. The van der Waals surface area contributed by atoms with Gasteiger partial charge < -0.3 is 9.47 Å². The number of carbonyl (C=O) groups excluding carboxylic acids is 1. The van der Waals surface area contributed by atoms with Crippen LogP contribution in [-0.2, 0) is 9.47 Å². The van der Waals surface area contributed by atoms with Gasteiger partial charge in [0.05, 0.1) is 0 Å². The quantitative estimate of drug-likeness (QED) is 0.385. The van der Waals surface area contributed by atoms with E-state index in [2.05, 4.69) is 18.1 Å². The largest absolute Gasteiger partial charge is 0.353 e. The standard InChI is InChI=1S/C14H11NO.C6H14O2.C2H4/c16-11-14-4-1-3-12(9-14)6-7-13-5-2-8-15-10-13;1-4-7-6(3)8-5-2;1-2/h1-11H;6H,4-5H2,1-3H3;1-2H2/b7-6+;;. The third-order valence-corrected chi connectivity index (χ3v) is 3.00. The highest BCUT2D eigenvalue weighted by atomic mass is 16.7. The molecule has 0 spiro atoms. The van der Waals surface area contributed by atoms with Crippen LogP contribution in [0.5, 0.6) is 0 Å². The summed E-state index contributed by atoms with van der Waals surface area (Å²) in [5, 5.41) is 0. The average Bonchev–Trinajstić information content (AvgIpc) is 2.70. The molecule has 0 unspecified atom stereocenters. The maximum atomic E-state index is 10.6. The lowest BCUT2D eigenvalue weighted by molar-refractivity contribution is -0.123. The van der Waals surface area contributed by atoms with E-state index < -0.39 is 0 Å². The van der Waals surface area contributed by atoms with Gasteiger partial charge in [0.2, 0.25) is 0 Å². The molecular formula is C22H29NO3. The van der Waals surface area contributed by atoms with E-state index >= 15 is 0 Å². The molecule has 140 valence electrons. The van der Waals surface area contributed by atoms with Crippen molar-refractivity contribution < 1.29 is 14.3 Å². The maximum Gasteiger partial charge on any atom is 0.154 e. The summed E-state index contributed by atoms with van der Waals surface area (Å²) < 4.78 is 10.1. The van der Waals surface area contributed by atoms with Gasteiger partial charge in [-0.3, -0.25) is 9.78 Å². The highest BCUT2D eigenvalue weighted by Crippen LogP contribution is 2.08. The number of ether oxygens (including phenoxy) is 2. The number of aromatic nitrogens is 1. The smallest absolute Gasteiger partial charge is 0.154 e. The summed E-state index contributed by atoms with van der Waals surface area (Å²) in [6.45, 7) is 13.3. The Labute approximate surface area is 157 Å². The van der Waals surface area contributed by atoms with Crippen LogP contribution in [0.1, 0.15) is 42.3 Å². The Morgan fingerprint density at radius 1 is 1.00 bits per heavy atom. The van der Waals surface area contributed by atoms with Gasteiger partial charge >= 0.3 is 0 Å². The van der Waals surface area contributed by atoms with Crippen molar-refractivity contribution in [3.05, 3.63) is 78.6 Å². The summed E-state index contributed by atoms with van der Waals surface area (Å²) in [7, 11) is 0. The first-order valence-electron chi connectivity index (χ1n) is 8.56. The molecule has 0 N–H and O–H groups in total. The Balaban J connectivity index is 0.000000533. The van der Waals surface area contributed by atoms with Crippen molar-refractivity contribution >= 4 is 18.4 Å². The van der Waals surface area contributed by atoms with Crippen molar-refractivity contribution in [2.45, 2.75) is 27.1 Å². The van der Waals surface area contributed by atoms with Gasteiger partial charge in [-0.25, -0.2) is 0 Å². The summed E-state index contributed by atoms with van der Waals surface area (Å²) >= 11 is 0. The fraction of sp³-hybridized carbons (Fsp3) is 0.273. The van der Waals surface area contributed by atoms with Crippen molar-refractivity contribution in [2.75, 3.05) is 13.2 Å². The first-order chi connectivity index (χ1) is 12.7. The van der Waals surface area contributed by atoms with E-state index in [0.717, 1.165) is 30.6 Å². The molecule has 0 bridgehead atoms. The van der Waals surface area contributed by atoms with Crippen LogP contribution in [-0.4, -0.2) is 30.8 Å². The van der Waals surface area contributed by atoms with E-state index in [-0.39, 0.29) is 6.29 Å². The molecule has 4 nitrogen and oxygen atoms in total. The van der Waals surface area contributed by atoms with Gasteiger partial charge in [0.1, 0.15) is 6.29 Å². The average molecular weight is 355 g/mol. The number of nitrogens with zero attached hydrogens (tertiary/aromatic N) is 1. The van der Waals surface area contributed by atoms with Crippen molar-refractivity contribution in [1.82, 2.24) is 4.98 Å². The zero-order valence-electron chi connectivity index (χ0n) is 15.9. The molecular weight excluding hydrogens is 326 g/mol. The van der Waals surface area contributed by atoms with Gasteiger partial charge in [-0.05, 0) is 44.0 Å². The fourth-order valence-electron chi connectivity index (χ4n) is 1.92. The topological polar surface area (TPSA) is 48.4 Å². The molecule has 1 aromatic carbocycles. The monoisotopic (exact) mass is 355 g/mol. The summed E-state index contributed by atoms with van der Waals surface area (Å²) in [4.78, 5) is 14.6. The third-order valence-electron chi connectivity index (χ3n) is 3.00. The zero-order valence-corrected chi connectivity index (χ0v) is 15.9. The van der Waals surface area contributed by atoms with Crippen LogP contribution >= 0.6 is 0 Å². The van der Waals surface area contributed by atoms with E-state index in [1.165, 1.54) is 0 Å². The van der Waals surface area contributed by atoms with E-state index in [1.807, 2.05) is 63.3 Å². The van der Waals surface area contributed by atoms with Crippen LogP contribution in [0.15, 0.2) is 61.9 Å². The number of rotatable bonds is 7. The molecule has 0 atom stereocenters. The van der Waals surface area contributed by atoms with Crippen LogP contribution in [0, 0.1) is 0 Å². The second-order valence-electron chi connectivity index (χ2n) is 4.89. The highest BCUT2D eigenvalue weighted by molar-refractivity contribution is 5.78. The van der Waals surface area contributed by atoms with Crippen molar-refractivity contribution in [3.63, 3.8) is 0 Å². The summed E-state index contributed by atoms with van der Waals surface area (Å²) in [5.74, 6) is 0. The van der Waals surface area contributed by atoms with Gasteiger partial charge in [0.15, 0.2) is 6.29 Å². The van der Waals surface area contributed by atoms with Crippen LogP contribution < -0.4 is 0 Å². The minimum atomic E-state index is -0.0370. The van der Waals surface area contributed by atoms with E-state index in [0.29, 0.717) is 5.56 Å². The van der Waals surface area contributed by atoms with Gasteiger partial charge in [0.25, 0.3) is 0 Å². The first kappa shape index (κ1) is 23.4. The Hall–Kier alpha value is -2.56. The van der Waals surface area contributed by atoms with Crippen LogP contribution in [0.25, 0.3) is 12.2 Å². The first-order valence-corrected chi connectivity index (χ1v) is 8.56. The third kappa shape index (κ3) is 11.1.